The van der Waals surface area contributed by atoms with Gasteiger partial charge in [0.15, 0.2) is 5.96 Å². The third-order valence-corrected chi connectivity index (χ3v) is 3.83. The van der Waals surface area contributed by atoms with Crippen LogP contribution in [0.2, 0.25) is 0 Å². The zero-order valence-electron chi connectivity index (χ0n) is 9.95. The van der Waals surface area contributed by atoms with Crippen molar-refractivity contribution < 1.29 is 0 Å². The van der Waals surface area contributed by atoms with Gasteiger partial charge in [0.2, 0.25) is 0 Å². The summed E-state index contributed by atoms with van der Waals surface area (Å²) >= 11 is 0. The molecule has 0 aromatic carbocycles. The van der Waals surface area contributed by atoms with Crippen molar-refractivity contribution in [3.05, 3.63) is 0 Å². The van der Waals surface area contributed by atoms with Crippen LogP contribution in [0.4, 0.5) is 0 Å². The number of halogens is 1. The number of aliphatic imine (C=N–C) groups is 1. The van der Waals surface area contributed by atoms with Crippen LogP contribution in [0.25, 0.3) is 0 Å². The topological polar surface area (TPSA) is 50.4 Å². The van der Waals surface area contributed by atoms with Crippen LogP contribution in [-0.2, 0) is 0 Å². The van der Waals surface area contributed by atoms with E-state index in [-0.39, 0.29) is 24.0 Å². The fourth-order valence-corrected chi connectivity index (χ4v) is 2.14. The number of nitrogens with two attached hydrogens (primary N) is 1. The monoisotopic (exact) mass is 337 g/mol. The normalized spacial score (nSPS) is 21.9. The highest BCUT2D eigenvalue weighted by atomic mass is 127. The SMILES string of the molecule is I.NC(=NCC1CCC1)NCCC1CCC1. The fraction of sp³-hybridized carbons (Fsp3) is 0.917. The molecule has 0 spiro atoms. The molecule has 94 valence electrons. The summed E-state index contributed by atoms with van der Waals surface area (Å²) in [5.74, 6) is 2.43. The lowest BCUT2D eigenvalue weighted by molar-refractivity contribution is 0.296. The van der Waals surface area contributed by atoms with E-state index in [0.717, 1.165) is 24.9 Å². The maximum Gasteiger partial charge on any atom is 0.188 e. The Balaban J connectivity index is 0.00000128. The van der Waals surface area contributed by atoms with E-state index < -0.39 is 0 Å². The summed E-state index contributed by atoms with van der Waals surface area (Å²) < 4.78 is 0. The maximum atomic E-state index is 5.79. The minimum Gasteiger partial charge on any atom is -0.370 e. The standard InChI is InChI=1S/C12H23N3.HI/c13-12(15-9-11-5-2-6-11)14-8-7-10-3-1-4-10;/h10-11H,1-9H2,(H3,13,14,15);1H. The summed E-state index contributed by atoms with van der Waals surface area (Å²) in [6.07, 6.45) is 9.60. The molecule has 0 unspecified atom stereocenters. The Morgan fingerprint density at radius 1 is 1.12 bits per heavy atom. The zero-order valence-corrected chi connectivity index (χ0v) is 12.3. The quantitative estimate of drug-likeness (QED) is 0.460. The number of hydrogen-bond donors (Lipinski definition) is 2. The predicted molar refractivity (Wildman–Crippen MR) is 79.2 cm³/mol. The van der Waals surface area contributed by atoms with Crippen LogP contribution < -0.4 is 11.1 Å². The largest absolute Gasteiger partial charge is 0.370 e. The van der Waals surface area contributed by atoms with Gasteiger partial charge in [0.05, 0.1) is 0 Å². The van der Waals surface area contributed by atoms with Crippen molar-refractivity contribution in [1.29, 1.82) is 0 Å². The molecule has 16 heavy (non-hydrogen) atoms. The van der Waals surface area contributed by atoms with Crippen molar-refractivity contribution in [1.82, 2.24) is 5.32 Å². The molecular weight excluding hydrogens is 313 g/mol. The highest BCUT2D eigenvalue weighted by Gasteiger charge is 2.17. The average Bonchev–Trinajstić information content (AvgIpc) is 2.06. The molecule has 0 aromatic heterocycles. The molecular formula is C12H24IN3. The van der Waals surface area contributed by atoms with Gasteiger partial charge in [-0.05, 0) is 31.1 Å². The number of guanidine groups is 1. The molecule has 0 aliphatic heterocycles. The van der Waals surface area contributed by atoms with Crippen molar-refractivity contribution in [2.75, 3.05) is 13.1 Å². The second-order valence-electron chi connectivity index (χ2n) is 5.04. The lowest BCUT2D eigenvalue weighted by Gasteiger charge is -2.25. The molecule has 0 saturated heterocycles. The molecule has 2 rings (SSSR count). The highest BCUT2D eigenvalue weighted by Crippen LogP contribution is 2.28. The third-order valence-electron chi connectivity index (χ3n) is 3.83. The molecule has 2 aliphatic rings. The van der Waals surface area contributed by atoms with Gasteiger partial charge in [-0.2, -0.15) is 0 Å². The van der Waals surface area contributed by atoms with Gasteiger partial charge in [0.1, 0.15) is 0 Å². The van der Waals surface area contributed by atoms with Gasteiger partial charge in [-0.15, -0.1) is 24.0 Å². The summed E-state index contributed by atoms with van der Waals surface area (Å²) in [6, 6.07) is 0. The molecule has 2 saturated carbocycles. The van der Waals surface area contributed by atoms with Crippen LogP contribution in [0.5, 0.6) is 0 Å². The second-order valence-corrected chi connectivity index (χ2v) is 5.04. The van der Waals surface area contributed by atoms with Crippen LogP contribution in [-0.4, -0.2) is 19.0 Å². The molecule has 0 atom stereocenters. The summed E-state index contributed by atoms with van der Waals surface area (Å²) in [6.45, 7) is 1.94. The van der Waals surface area contributed by atoms with Crippen LogP contribution in [0.3, 0.4) is 0 Å². The molecule has 3 N–H and O–H groups in total. The van der Waals surface area contributed by atoms with Gasteiger partial charge in [-0.3, -0.25) is 4.99 Å². The molecule has 2 aliphatic carbocycles. The van der Waals surface area contributed by atoms with E-state index in [1.807, 2.05) is 0 Å². The summed E-state index contributed by atoms with van der Waals surface area (Å²) in [5.41, 5.74) is 5.79. The third kappa shape index (κ3) is 4.47. The lowest BCUT2D eigenvalue weighted by atomic mass is 9.83. The van der Waals surface area contributed by atoms with Gasteiger partial charge in [-0.25, -0.2) is 0 Å². The van der Waals surface area contributed by atoms with E-state index in [4.69, 9.17) is 5.73 Å². The Morgan fingerprint density at radius 2 is 1.75 bits per heavy atom. The molecule has 2 fully saturated rings. The minimum absolute atomic E-state index is 0. The molecule has 4 heteroatoms. The lowest BCUT2D eigenvalue weighted by Crippen LogP contribution is -2.34. The number of hydrogen-bond acceptors (Lipinski definition) is 1. The molecule has 0 heterocycles. The van der Waals surface area contributed by atoms with E-state index >= 15 is 0 Å². The van der Waals surface area contributed by atoms with Gasteiger partial charge in [-0.1, -0.05) is 25.7 Å². The van der Waals surface area contributed by atoms with Crippen LogP contribution in [0, 0.1) is 11.8 Å². The van der Waals surface area contributed by atoms with Crippen molar-refractivity contribution in [3.8, 4) is 0 Å². The predicted octanol–water partition coefficient (Wildman–Crippen LogP) is 2.50. The van der Waals surface area contributed by atoms with Crippen molar-refractivity contribution >= 4 is 29.9 Å². The van der Waals surface area contributed by atoms with Gasteiger partial charge in [0.25, 0.3) is 0 Å². The van der Waals surface area contributed by atoms with Crippen LogP contribution in [0.1, 0.15) is 44.9 Å². The van der Waals surface area contributed by atoms with E-state index in [1.165, 1.54) is 44.9 Å². The Labute approximate surface area is 116 Å². The molecule has 0 radical (unpaired) electrons. The second kappa shape index (κ2) is 7.35. The van der Waals surface area contributed by atoms with Gasteiger partial charge < -0.3 is 11.1 Å². The Kier molecular flexibility index (Phi) is 6.46. The number of rotatable bonds is 5. The van der Waals surface area contributed by atoms with Gasteiger partial charge >= 0.3 is 0 Å². The van der Waals surface area contributed by atoms with E-state index in [0.29, 0.717) is 5.96 Å². The fourth-order valence-electron chi connectivity index (χ4n) is 2.14. The highest BCUT2D eigenvalue weighted by molar-refractivity contribution is 14.0. The Hall–Kier alpha value is 0. The minimum atomic E-state index is 0. The van der Waals surface area contributed by atoms with Gasteiger partial charge in [0, 0.05) is 13.1 Å². The van der Waals surface area contributed by atoms with Crippen molar-refractivity contribution in [2.45, 2.75) is 44.9 Å². The van der Waals surface area contributed by atoms with Crippen LogP contribution >= 0.6 is 24.0 Å². The maximum absolute atomic E-state index is 5.79. The first-order valence-electron chi connectivity index (χ1n) is 6.38. The summed E-state index contributed by atoms with van der Waals surface area (Å²) in [7, 11) is 0. The first kappa shape index (κ1) is 14.1. The molecule has 3 nitrogen and oxygen atoms in total. The first-order chi connectivity index (χ1) is 7.34. The number of nitrogens with zero attached hydrogens (tertiary/aromatic N) is 1. The summed E-state index contributed by atoms with van der Waals surface area (Å²) in [5, 5.41) is 3.21. The molecule has 0 aromatic rings. The Morgan fingerprint density at radius 3 is 2.25 bits per heavy atom. The average molecular weight is 337 g/mol. The Bertz CT molecular complexity index is 222. The summed E-state index contributed by atoms with van der Waals surface area (Å²) in [4.78, 5) is 4.37. The van der Waals surface area contributed by atoms with E-state index in [1.54, 1.807) is 0 Å². The van der Waals surface area contributed by atoms with Crippen LogP contribution in [0.15, 0.2) is 4.99 Å². The smallest absolute Gasteiger partial charge is 0.188 e. The zero-order chi connectivity index (χ0) is 10.5. The molecule has 0 bridgehead atoms. The molecule has 0 amide bonds. The van der Waals surface area contributed by atoms with Crippen molar-refractivity contribution in [2.24, 2.45) is 22.6 Å². The van der Waals surface area contributed by atoms with Crippen molar-refractivity contribution in [3.63, 3.8) is 0 Å². The number of nitrogens with one attached hydrogen (secondary N) is 1. The van der Waals surface area contributed by atoms with E-state index in [9.17, 15) is 0 Å². The first-order valence-corrected chi connectivity index (χ1v) is 6.38. The van der Waals surface area contributed by atoms with E-state index in [2.05, 4.69) is 10.3 Å².